The number of hydrogen-bond acceptors (Lipinski definition) is 3. The van der Waals surface area contributed by atoms with Gasteiger partial charge in [0, 0.05) is 12.7 Å². The van der Waals surface area contributed by atoms with Crippen molar-refractivity contribution in [1.82, 2.24) is 9.78 Å². The minimum atomic E-state index is 0.160. The molecule has 0 saturated heterocycles. The van der Waals surface area contributed by atoms with Crippen LogP contribution in [0.2, 0.25) is 0 Å². The van der Waals surface area contributed by atoms with Gasteiger partial charge in [0.05, 0.1) is 24.0 Å². The minimum absolute atomic E-state index is 0.160. The first kappa shape index (κ1) is 15.9. The SMILES string of the molecule is Cc1cc(CN=C(N)Nc2ccc(OC(C)C)cc2)n(C)n1. The third-order valence-electron chi connectivity index (χ3n) is 3.01. The van der Waals surface area contributed by atoms with Crippen molar-refractivity contribution >= 4 is 11.6 Å². The monoisotopic (exact) mass is 301 g/mol. The Balaban J connectivity index is 1.94. The zero-order valence-electron chi connectivity index (χ0n) is 13.5. The number of rotatable bonds is 5. The molecule has 1 aromatic heterocycles. The first-order chi connectivity index (χ1) is 10.4. The highest BCUT2D eigenvalue weighted by atomic mass is 16.5. The molecule has 2 aromatic rings. The third kappa shape index (κ3) is 4.51. The number of benzene rings is 1. The lowest BCUT2D eigenvalue weighted by atomic mass is 10.3. The summed E-state index contributed by atoms with van der Waals surface area (Å²) in [5, 5.41) is 7.34. The zero-order chi connectivity index (χ0) is 16.1. The van der Waals surface area contributed by atoms with Crippen LogP contribution in [0, 0.1) is 6.92 Å². The standard InChI is InChI=1S/C16H23N5O/c1-11(2)22-15-7-5-13(6-8-15)19-16(17)18-10-14-9-12(3)20-21(14)4/h5-9,11H,10H2,1-4H3,(H3,17,18,19). The molecule has 118 valence electrons. The maximum atomic E-state index is 5.91. The van der Waals surface area contributed by atoms with Crippen LogP contribution >= 0.6 is 0 Å². The maximum absolute atomic E-state index is 5.91. The fourth-order valence-electron chi connectivity index (χ4n) is 2.05. The minimum Gasteiger partial charge on any atom is -0.491 e. The second kappa shape index (κ2) is 6.98. The Kier molecular flexibility index (Phi) is 5.04. The molecule has 0 radical (unpaired) electrons. The summed E-state index contributed by atoms with van der Waals surface area (Å²) in [4.78, 5) is 4.33. The quantitative estimate of drug-likeness (QED) is 0.657. The number of nitrogens with zero attached hydrogens (tertiary/aromatic N) is 3. The molecule has 22 heavy (non-hydrogen) atoms. The Morgan fingerprint density at radius 2 is 2.05 bits per heavy atom. The van der Waals surface area contributed by atoms with E-state index in [9.17, 15) is 0 Å². The molecule has 0 aliphatic carbocycles. The second-order valence-electron chi connectivity index (χ2n) is 5.42. The van der Waals surface area contributed by atoms with E-state index in [4.69, 9.17) is 10.5 Å². The summed E-state index contributed by atoms with van der Waals surface area (Å²) in [6, 6.07) is 9.62. The highest BCUT2D eigenvalue weighted by molar-refractivity contribution is 5.92. The number of aliphatic imine (C=N–C) groups is 1. The van der Waals surface area contributed by atoms with Gasteiger partial charge in [-0.25, -0.2) is 4.99 Å². The first-order valence-corrected chi connectivity index (χ1v) is 7.27. The predicted molar refractivity (Wildman–Crippen MR) is 89.1 cm³/mol. The summed E-state index contributed by atoms with van der Waals surface area (Å²) >= 11 is 0. The number of aryl methyl sites for hydroxylation is 2. The molecule has 0 aliphatic rings. The number of guanidine groups is 1. The number of hydrogen-bond donors (Lipinski definition) is 2. The molecule has 0 bridgehead atoms. The molecule has 6 nitrogen and oxygen atoms in total. The van der Waals surface area contributed by atoms with Crippen molar-refractivity contribution in [2.75, 3.05) is 5.32 Å². The zero-order valence-corrected chi connectivity index (χ0v) is 13.5. The average molecular weight is 301 g/mol. The van der Waals surface area contributed by atoms with Gasteiger partial charge < -0.3 is 15.8 Å². The smallest absolute Gasteiger partial charge is 0.193 e. The van der Waals surface area contributed by atoms with E-state index in [0.717, 1.165) is 22.8 Å². The molecule has 3 N–H and O–H groups in total. The second-order valence-corrected chi connectivity index (χ2v) is 5.42. The molecule has 1 heterocycles. The van der Waals surface area contributed by atoms with Gasteiger partial charge in [0.1, 0.15) is 5.75 Å². The third-order valence-corrected chi connectivity index (χ3v) is 3.01. The van der Waals surface area contributed by atoms with Gasteiger partial charge in [0.25, 0.3) is 0 Å². The normalized spacial score (nSPS) is 11.8. The van der Waals surface area contributed by atoms with Gasteiger partial charge in [-0.2, -0.15) is 5.10 Å². The fourth-order valence-corrected chi connectivity index (χ4v) is 2.05. The number of ether oxygens (including phenoxy) is 1. The average Bonchev–Trinajstić information content (AvgIpc) is 2.76. The summed E-state index contributed by atoms with van der Waals surface area (Å²) in [5.74, 6) is 1.21. The fraction of sp³-hybridized carbons (Fsp3) is 0.375. The van der Waals surface area contributed by atoms with Crippen molar-refractivity contribution in [3.63, 3.8) is 0 Å². The van der Waals surface area contributed by atoms with Crippen molar-refractivity contribution in [3.05, 3.63) is 41.7 Å². The van der Waals surface area contributed by atoms with Crippen LogP contribution in [0.1, 0.15) is 25.2 Å². The van der Waals surface area contributed by atoms with E-state index < -0.39 is 0 Å². The largest absolute Gasteiger partial charge is 0.491 e. The highest BCUT2D eigenvalue weighted by Gasteiger charge is 2.02. The lowest BCUT2D eigenvalue weighted by molar-refractivity contribution is 0.242. The number of nitrogens with two attached hydrogens (primary N) is 1. The maximum Gasteiger partial charge on any atom is 0.193 e. The summed E-state index contributed by atoms with van der Waals surface area (Å²) < 4.78 is 7.41. The number of aromatic nitrogens is 2. The van der Waals surface area contributed by atoms with Crippen molar-refractivity contribution in [1.29, 1.82) is 0 Å². The number of anilines is 1. The summed E-state index contributed by atoms with van der Waals surface area (Å²) in [5.41, 5.74) is 8.77. The van der Waals surface area contributed by atoms with Gasteiger partial charge >= 0.3 is 0 Å². The van der Waals surface area contributed by atoms with Crippen molar-refractivity contribution in [2.45, 2.75) is 33.4 Å². The van der Waals surface area contributed by atoms with Gasteiger partial charge in [-0.1, -0.05) is 0 Å². The molecular weight excluding hydrogens is 278 g/mol. The van der Waals surface area contributed by atoms with Crippen molar-refractivity contribution in [2.24, 2.45) is 17.8 Å². The van der Waals surface area contributed by atoms with Gasteiger partial charge in [-0.3, -0.25) is 4.68 Å². The lowest BCUT2D eigenvalue weighted by Crippen LogP contribution is -2.22. The van der Waals surface area contributed by atoms with E-state index in [0.29, 0.717) is 12.5 Å². The van der Waals surface area contributed by atoms with Gasteiger partial charge in [0.2, 0.25) is 0 Å². The van der Waals surface area contributed by atoms with Crippen LogP contribution in [0.15, 0.2) is 35.3 Å². The Morgan fingerprint density at radius 3 is 2.59 bits per heavy atom. The highest BCUT2D eigenvalue weighted by Crippen LogP contribution is 2.16. The van der Waals surface area contributed by atoms with Crippen molar-refractivity contribution < 1.29 is 4.74 Å². The number of nitrogens with one attached hydrogen (secondary N) is 1. The first-order valence-electron chi connectivity index (χ1n) is 7.27. The van der Waals surface area contributed by atoms with Crippen LogP contribution in [0.4, 0.5) is 5.69 Å². The van der Waals surface area contributed by atoms with Crippen LogP contribution < -0.4 is 15.8 Å². The molecular formula is C16H23N5O. The summed E-state index contributed by atoms with van der Waals surface area (Å²) in [7, 11) is 1.90. The van der Waals surface area contributed by atoms with Crippen LogP contribution in [0.25, 0.3) is 0 Å². The van der Waals surface area contributed by atoms with Gasteiger partial charge in [0.15, 0.2) is 5.96 Å². The van der Waals surface area contributed by atoms with E-state index >= 15 is 0 Å². The Labute approximate surface area is 131 Å². The predicted octanol–water partition coefficient (Wildman–Crippen LogP) is 2.44. The molecule has 0 atom stereocenters. The molecule has 6 heteroatoms. The molecule has 2 rings (SSSR count). The van der Waals surface area contributed by atoms with Crippen LogP contribution in [0.5, 0.6) is 5.75 Å². The molecule has 0 amide bonds. The van der Waals surface area contributed by atoms with Crippen LogP contribution in [-0.2, 0) is 13.6 Å². The summed E-state index contributed by atoms with van der Waals surface area (Å²) in [6.07, 6.45) is 0.160. The molecule has 0 fully saturated rings. The molecule has 1 aromatic carbocycles. The molecule has 0 spiro atoms. The van der Waals surface area contributed by atoms with Crippen LogP contribution in [0.3, 0.4) is 0 Å². The Hall–Kier alpha value is -2.50. The van der Waals surface area contributed by atoms with E-state index in [1.165, 1.54) is 0 Å². The van der Waals surface area contributed by atoms with E-state index in [2.05, 4.69) is 15.4 Å². The van der Waals surface area contributed by atoms with Gasteiger partial charge in [-0.05, 0) is 51.1 Å². The molecule has 0 saturated carbocycles. The van der Waals surface area contributed by atoms with Gasteiger partial charge in [-0.15, -0.1) is 0 Å². The summed E-state index contributed by atoms with van der Waals surface area (Å²) in [6.45, 7) is 6.44. The van der Waals surface area contributed by atoms with Crippen molar-refractivity contribution in [3.8, 4) is 5.75 Å². The Bertz CT molecular complexity index is 643. The lowest BCUT2D eigenvalue weighted by Gasteiger charge is -2.11. The van der Waals surface area contributed by atoms with Crippen LogP contribution in [-0.4, -0.2) is 21.8 Å². The Morgan fingerprint density at radius 1 is 1.36 bits per heavy atom. The van der Waals surface area contributed by atoms with E-state index in [1.807, 2.05) is 62.8 Å². The van der Waals surface area contributed by atoms with E-state index in [-0.39, 0.29) is 6.10 Å². The molecule has 0 aliphatic heterocycles. The molecule has 0 unspecified atom stereocenters. The van der Waals surface area contributed by atoms with E-state index in [1.54, 1.807) is 0 Å². The topological polar surface area (TPSA) is 77.5 Å².